The summed E-state index contributed by atoms with van der Waals surface area (Å²) in [6.07, 6.45) is -0.0468. The molecule has 0 unspecified atom stereocenters. The molecule has 0 bridgehead atoms. The SMILES string of the molecule is O=C(COC(=O)Cc1ccc(Cl)cc1Cl)Nc1ccc(Oc2ccccc2)cc1. The van der Waals surface area contributed by atoms with Crippen LogP contribution < -0.4 is 10.1 Å². The molecule has 148 valence electrons. The van der Waals surface area contributed by atoms with Crippen LogP contribution in [0, 0.1) is 0 Å². The average molecular weight is 430 g/mol. The van der Waals surface area contributed by atoms with E-state index < -0.39 is 18.5 Å². The molecule has 0 aromatic heterocycles. The van der Waals surface area contributed by atoms with Crippen molar-refractivity contribution in [1.29, 1.82) is 0 Å². The largest absolute Gasteiger partial charge is 0.457 e. The Labute approximate surface area is 178 Å². The molecule has 1 amide bonds. The van der Waals surface area contributed by atoms with E-state index in [-0.39, 0.29) is 6.42 Å². The van der Waals surface area contributed by atoms with Gasteiger partial charge in [-0.1, -0.05) is 47.5 Å². The first-order valence-corrected chi connectivity index (χ1v) is 9.47. The number of carbonyl (C=O) groups is 2. The molecule has 0 saturated carbocycles. The Hall–Kier alpha value is -3.02. The van der Waals surface area contributed by atoms with Crippen molar-refractivity contribution >= 4 is 40.8 Å². The molecule has 5 nitrogen and oxygen atoms in total. The predicted molar refractivity (Wildman–Crippen MR) is 113 cm³/mol. The number of hydrogen-bond acceptors (Lipinski definition) is 4. The monoisotopic (exact) mass is 429 g/mol. The van der Waals surface area contributed by atoms with Crippen LogP contribution in [0.25, 0.3) is 0 Å². The van der Waals surface area contributed by atoms with Crippen molar-refractivity contribution in [2.75, 3.05) is 11.9 Å². The van der Waals surface area contributed by atoms with Gasteiger partial charge >= 0.3 is 5.97 Å². The molecule has 0 saturated heterocycles. The standard InChI is InChI=1S/C22H17Cl2NO4/c23-16-7-6-15(20(24)13-16)12-22(27)28-14-21(26)25-17-8-10-19(11-9-17)29-18-4-2-1-3-5-18/h1-11,13H,12,14H2,(H,25,26). The van der Waals surface area contributed by atoms with Crippen molar-refractivity contribution in [3.63, 3.8) is 0 Å². The number of halogens is 2. The van der Waals surface area contributed by atoms with Gasteiger partial charge in [-0.05, 0) is 54.1 Å². The van der Waals surface area contributed by atoms with Gasteiger partial charge in [-0.15, -0.1) is 0 Å². The maximum absolute atomic E-state index is 12.0. The number of amides is 1. The third kappa shape index (κ3) is 6.52. The molecule has 0 fully saturated rings. The first-order valence-electron chi connectivity index (χ1n) is 8.72. The van der Waals surface area contributed by atoms with Crippen molar-refractivity contribution in [2.45, 2.75) is 6.42 Å². The number of carbonyl (C=O) groups excluding carboxylic acids is 2. The van der Waals surface area contributed by atoms with Gasteiger partial charge in [0.05, 0.1) is 6.42 Å². The zero-order chi connectivity index (χ0) is 20.6. The number of esters is 1. The van der Waals surface area contributed by atoms with Crippen LogP contribution in [0.2, 0.25) is 10.0 Å². The zero-order valence-electron chi connectivity index (χ0n) is 15.2. The van der Waals surface area contributed by atoms with Crippen LogP contribution >= 0.6 is 23.2 Å². The van der Waals surface area contributed by atoms with Gasteiger partial charge in [-0.3, -0.25) is 9.59 Å². The van der Waals surface area contributed by atoms with E-state index in [0.29, 0.717) is 27.0 Å². The van der Waals surface area contributed by atoms with E-state index in [1.54, 1.807) is 42.5 Å². The summed E-state index contributed by atoms with van der Waals surface area (Å²) in [4.78, 5) is 23.9. The van der Waals surface area contributed by atoms with Crippen LogP contribution in [0.4, 0.5) is 5.69 Å². The fraction of sp³-hybridized carbons (Fsp3) is 0.0909. The van der Waals surface area contributed by atoms with E-state index in [9.17, 15) is 9.59 Å². The summed E-state index contributed by atoms with van der Waals surface area (Å²) in [6.45, 7) is -0.397. The smallest absolute Gasteiger partial charge is 0.310 e. The highest BCUT2D eigenvalue weighted by atomic mass is 35.5. The van der Waals surface area contributed by atoms with Crippen LogP contribution in [-0.4, -0.2) is 18.5 Å². The molecule has 1 N–H and O–H groups in total. The average Bonchev–Trinajstić information content (AvgIpc) is 2.71. The Bertz CT molecular complexity index is 991. The molecule has 3 aromatic carbocycles. The van der Waals surface area contributed by atoms with Gasteiger partial charge in [-0.25, -0.2) is 0 Å². The van der Waals surface area contributed by atoms with Crippen LogP contribution in [0.1, 0.15) is 5.56 Å². The highest BCUT2D eigenvalue weighted by Gasteiger charge is 2.11. The van der Waals surface area contributed by atoms with Crippen LogP contribution in [0.5, 0.6) is 11.5 Å². The maximum atomic E-state index is 12.0. The minimum Gasteiger partial charge on any atom is -0.457 e. The number of para-hydroxylation sites is 1. The maximum Gasteiger partial charge on any atom is 0.310 e. The van der Waals surface area contributed by atoms with E-state index in [1.165, 1.54) is 0 Å². The van der Waals surface area contributed by atoms with E-state index in [0.717, 1.165) is 5.75 Å². The van der Waals surface area contributed by atoms with Gasteiger partial charge in [0.2, 0.25) is 0 Å². The first kappa shape index (κ1) is 20.7. The number of ether oxygens (including phenoxy) is 2. The number of benzene rings is 3. The highest BCUT2D eigenvalue weighted by molar-refractivity contribution is 6.35. The van der Waals surface area contributed by atoms with Crippen molar-refractivity contribution in [2.24, 2.45) is 0 Å². The summed E-state index contributed by atoms with van der Waals surface area (Å²) < 4.78 is 10.7. The van der Waals surface area contributed by atoms with Crippen molar-refractivity contribution in [3.05, 3.63) is 88.4 Å². The normalized spacial score (nSPS) is 10.3. The van der Waals surface area contributed by atoms with Crippen LogP contribution in [-0.2, 0) is 20.7 Å². The van der Waals surface area contributed by atoms with Crippen LogP contribution in [0.15, 0.2) is 72.8 Å². The second kappa shape index (κ2) is 9.96. The molecule has 29 heavy (non-hydrogen) atoms. The fourth-order valence-electron chi connectivity index (χ4n) is 2.45. The number of hydrogen-bond donors (Lipinski definition) is 1. The third-order valence-electron chi connectivity index (χ3n) is 3.83. The van der Waals surface area contributed by atoms with Gasteiger partial charge in [0.1, 0.15) is 11.5 Å². The fourth-order valence-corrected chi connectivity index (χ4v) is 2.92. The second-order valence-corrected chi connectivity index (χ2v) is 6.90. The number of nitrogens with one attached hydrogen (secondary N) is 1. The molecular formula is C22H17Cl2NO4. The zero-order valence-corrected chi connectivity index (χ0v) is 16.7. The molecule has 0 radical (unpaired) electrons. The van der Waals surface area contributed by atoms with Gasteiger partial charge in [0.25, 0.3) is 5.91 Å². The summed E-state index contributed by atoms with van der Waals surface area (Å²) >= 11 is 11.8. The lowest BCUT2D eigenvalue weighted by Crippen LogP contribution is -2.21. The van der Waals surface area contributed by atoms with Crippen LogP contribution in [0.3, 0.4) is 0 Å². The minimum absolute atomic E-state index is 0.0468. The second-order valence-electron chi connectivity index (χ2n) is 6.06. The summed E-state index contributed by atoms with van der Waals surface area (Å²) in [5.74, 6) is 0.353. The lowest BCUT2D eigenvalue weighted by Gasteiger charge is -2.09. The molecule has 0 spiro atoms. The third-order valence-corrected chi connectivity index (χ3v) is 4.42. The summed E-state index contributed by atoms with van der Waals surface area (Å²) in [7, 11) is 0. The summed E-state index contributed by atoms with van der Waals surface area (Å²) in [6, 6.07) is 21.1. The topological polar surface area (TPSA) is 64.6 Å². The Morgan fingerprint density at radius 2 is 1.55 bits per heavy atom. The Morgan fingerprint density at radius 3 is 2.24 bits per heavy atom. The molecule has 0 heterocycles. The van der Waals surface area contributed by atoms with E-state index in [2.05, 4.69) is 5.32 Å². The minimum atomic E-state index is -0.559. The van der Waals surface area contributed by atoms with Crippen molar-refractivity contribution in [3.8, 4) is 11.5 Å². The summed E-state index contributed by atoms with van der Waals surface area (Å²) in [5, 5.41) is 3.51. The number of rotatable bonds is 7. The lowest BCUT2D eigenvalue weighted by molar-refractivity contribution is -0.146. The Balaban J connectivity index is 1.46. The first-order chi connectivity index (χ1) is 14.0. The van der Waals surface area contributed by atoms with Gasteiger partial charge < -0.3 is 14.8 Å². The van der Waals surface area contributed by atoms with Gasteiger partial charge in [0.15, 0.2) is 6.61 Å². The van der Waals surface area contributed by atoms with Gasteiger partial charge in [0, 0.05) is 15.7 Å². The molecular weight excluding hydrogens is 413 g/mol. The van der Waals surface area contributed by atoms with E-state index >= 15 is 0 Å². The van der Waals surface area contributed by atoms with Gasteiger partial charge in [-0.2, -0.15) is 0 Å². The van der Waals surface area contributed by atoms with E-state index in [4.69, 9.17) is 32.7 Å². The Morgan fingerprint density at radius 1 is 0.862 bits per heavy atom. The number of anilines is 1. The Kier molecular flexibility index (Phi) is 7.11. The lowest BCUT2D eigenvalue weighted by atomic mass is 10.1. The molecule has 0 aliphatic carbocycles. The molecule has 3 aromatic rings. The molecule has 3 rings (SSSR count). The molecule has 0 atom stereocenters. The summed E-state index contributed by atoms with van der Waals surface area (Å²) in [5.41, 5.74) is 1.14. The quantitative estimate of drug-likeness (QED) is 0.502. The molecule has 7 heteroatoms. The van der Waals surface area contributed by atoms with Crippen molar-refractivity contribution < 1.29 is 19.1 Å². The van der Waals surface area contributed by atoms with E-state index in [1.807, 2.05) is 30.3 Å². The highest BCUT2D eigenvalue weighted by Crippen LogP contribution is 2.23. The predicted octanol–water partition coefficient (Wildman–Crippen LogP) is 5.51. The van der Waals surface area contributed by atoms with Crippen molar-refractivity contribution in [1.82, 2.24) is 0 Å². The molecule has 0 aliphatic heterocycles. The molecule has 0 aliphatic rings.